The van der Waals surface area contributed by atoms with E-state index in [0.717, 1.165) is 55.1 Å². The maximum Gasteiger partial charge on any atom is 0.194 e. The van der Waals surface area contributed by atoms with Crippen molar-refractivity contribution in [2.24, 2.45) is 0 Å². The van der Waals surface area contributed by atoms with E-state index in [2.05, 4.69) is 17.2 Å². The van der Waals surface area contributed by atoms with Crippen molar-refractivity contribution in [1.82, 2.24) is 10.3 Å². The van der Waals surface area contributed by atoms with Gasteiger partial charge >= 0.3 is 0 Å². The summed E-state index contributed by atoms with van der Waals surface area (Å²) in [6.45, 7) is 6.25. The van der Waals surface area contributed by atoms with Crippen LogP contribution in [-0.2, 0) is 6.42 Å². The molecule has 108 valence electrons. The van der Waals surface area contributed by atoms with Crippen LogP contribution in [0.25, 0.3) is 11.3 Å². The topological polar surface area (TPSA) is 38.1 Å². The third-order valence-electron chi connectivity index (χ3n) is 3.11. The first-order valence-corrected chi connectivity index (χ1v) is 7.50. The highest BCUT2D eigenvalue weighted by atomic mass is 35.5. The van der Waals surface area contributed by atoms with Crippen LogP contribution in [0, 0.1) is 6.92 Å². The van der Waals surface area contributed by atoms with Crippen LogP contribution < -0.4 is 5.32 Å². The first-order chi connectivity index (χ1) is 9.70. The number of oxazole rings is 1. The number of rotatable bonds is 7. The number of hydrogen-bond acceptors (Lipinski definition) is 3. The number of halogens is 1. The van der Waals surface area contributed by atoms with E-state index < -0.39 is 0 Å². The van der Waals surface area contributed by atoms with Gasteiger partial charge < -0.3 is 9.73 Å². The van der Waals surface area contributed by atoms with Gasteiger partial charge in [-0.05, 0) is 50.6 Å². The van der Waals surface area contributed by atoms with Gasteiger partial charge in [0.1, 0.15) is 0 Å². The predicted octanol–water partition coefficient (Wildman–Crippen LogP) is 4.24. The number of nitrogens with zero attached hydrogens (tertiary/aromatic N) is 1. The van der Waals surface area contributed by atoms with Crippen molar-refractivity contribution in [2.45, 2.75) is 33.1 Å². The van der Waals surface area contributed by atoms with E-state index in [-0.39, 0.29) is 0 Å². The van der Waals surface area contributed by atoms with Crippen LogP contribution in [0.3, 0.4) is 0 Å². The largest absolute Gasteiger partial charge is 0.441 e. The van der Waals surface area contributed by atoms with Gasteiger partial charge in [-0.25, -0.2) is 4.98 Å². The average molecular weight is 293 g/mol. The normalized spacial score (nSPS) is 10.9. The third-order valence-corrected chi connectivity index (χ3v) is 3.43. The van der Waals surface area contributed by atoms with Gasteiger partial charge in [0.25, 0.3) is 0 Å². The molecule has 0 unspecified atom stereocenters. The molecule has 1 aromatic heterocycles. The quantitative estimate of drug-likeness (QED) is 0.776. The Balaban J connectivity index is 1.95. The molecule has 0 aliphatic carbocycles. The summed E-state index contributed by atoms with van der Waals surface area (Å²) >= 11 is 6.24. The SMILES string of the molecule is CCCNCCCc1ncc(-c2ccc(C)cc2Cl)o1. The molecule has 0 saturated heterocycles. The molecule has 0 atom stereocenters. The Labute approximate surface area is 125 Å². The minimum Gasteiger partial charge on any atom is -0.441 e. The zero-order chi connectivity index (χ0) is 14.4. The van der Waals surface area contributed by atoms with Crippen LogP contribution in [0.1, 0.15) is 31.2 Å². The fraction of sp³-hybridized carbons (Fsp3) is 0.438. The molecule has 2 rings (SSSR count). The van der Waals surface area contributed by atoms with Gasteiger partial charge in [-0.2, -0.15) is 0 Å². The number of benzene rings is 1. The summed E-state index contributed by atoms with van der Waals surface area (Å²) in [5.74, 6) is 1.52. The summed E-state index contributed by atoms with van der Waals surface area (Å²) in [4.78, 5) is 4.32. The molecule has 0 saturated carbocycles. The zero-order valence-electron chi connectivity index (χ0n) is 12.1. The molecule has 0 fully saturated rings. The number of nitrogens with one attached hydrogen (secondary N) is 1. The molecule has 0 radical (unpaired) electrons. The predicted molar refractivity (Wildman–Crippen MR) is 83.2 cm³/mol. The van der Waals surface area contributed by atoms with Crippen LogP contribution in [0.4, 0.5) is 0 Å². The van der Waals surface area contributed by atoms with Gasteiger partial charge in [0.2, 0.25) is 0 Å². The molecule has 1 heterocycles. The maximum atomic E-state index is 6.24. The van der Waals surface area contributed by atoms with Crippen molar-refractivity contribution in [3.63, 3.8) is 0 Å². The van der Waals surface area contributed by atoms with Crippen molar-refractivity contribution in [2.75, 3.05) is 13.1 Å². The lowest BCUT2D eigenvalue weighted by molar-refractivity contribution is 0.491. The van der Waals surface area contributed by atoms with Crippen LogP contribution >= 0.6 is 11.6 Å². The van der Waals surface area contributed by atoms with Crippen LogP contribution in [-0.4, -0.2) is 18.1 Å². The average Bonchev–Trinajstić information content (AvgIpc) is 2.87. The highest BCUT2D eigenvalue weighted by Gasteiger charge is 2.09. The lowest BCUT2D eigenvalue weighted by Crippen LogP contribution is -2.16. The van der Waals surface area contributed by atoms with E-state index in [4.69, 9.17) is 16.0 Å². The van der Waals surface area contributed by atoms with Gasteiger partial charge in [-0.3, -0.25) is 0 Å². The summed E-state index contributed by atoms with van der Waals surface area (Å²) in [6.07, 6.45) is 4.79. The second-order valence-electron chi connectivity index (χ2n) is 4.96. The van der Waals surface area contributed by atoms with E-state index in [9.17, 15) is 0 Å². The first kappa shape index (κ1) is 15.1. The summed E-state index contributed by atoms with van der Waals surface area (Å²) < 4.78 is 5.77. The van der Waals surface area contributed by atoms with Crippen molar-refractivity contribution in [3.8, 4) is 11.3 Å². The van der Waals surface area contributed by atoms with Gasteiger partial charge in [0, 0.05) is 12.0 Å². The van der Waals surface area contributed by atoms with Crippen LogP contribution in [0.2, 0.25) is 5.02 Å². The molecule has 1 N–H and O–H groups in total. The molecule has 1 aromatic carbocycles. The first-order valence-electron chi connectivity index (χ1n) is 7.12. The van der Waals surface area contributed by atoms with Gasteiger partial charge in [-0.1, -0.05) is 24.6 Å². The van der Waals surface area contributed by atoms with E-state index >= 15 is 0 Å². The minimum absolute atomic E-state index is 0.706. The Morgan fingerprint density at radius 1 is 1.30 bits per heavy atom. The molecule has 0 aliphatic rings. The molecule has 4 heteroatoms. The molecule has 2 aromatic rings. The lowest BCUT2D eigenvalue weighted by Gasteiger charge is -2.02. The van der Waals surface area contributed by atoms with Crippen molar-refractivity contribution >= 4 is 11.6 Å². The standard InChI is InChI=1S/C16H21ClN2O/c1-3-8-18-9-4-5-16-19-11-15(20-16)13-7-6-12(2)10-14(13)17/h6-7,10-11,18H,3-5,8-9H2,1-2H3. The smallest absolute Gasteiger partial charge is 0.194 e. The molecular weight excluding hydrogens is 272 g/mol. The summed E-state index contributed by atoms with van der Waals surface area (Å²) in [5.41, 5.74) is 2.04. The molecule has 0 spiro atoms. The molecule has 0 amide bonds. The third kappa shape index (κ3) is 4.09. The number of aromatic nitrogens is 1. The molecule has 0 bridgehead atoms. The molecular formula is C16H21ClN2O. The van der Waals surface area contributed by atoms with E-state index in [1.807, 2.05) is 25.1 Å². The van der Waals surface area contributed by atoms with Gasteiger partial charge in [-0.15, -0.1) is 0 Å². The summed E-state index contributed by atoms with van der Waals surface area (Å²) in [6, 6.07) is 5.94. The minimum atomic E-state index is 0.706. The Morgan fingerprint density at radius 3 is 2.90 bits per heavy atom. The maximum absolute atomic E-state index is 6.24. The van der Waals surface area contributed by atoms with Gasteiger partial charge in [0.05, 0.1) is 11.2 Å². The highest BCUT2D eigenvalue weighted by Crippen LogP contribution is 2.29. The lowest BCUT2D eigenvalue weighted by atomic mass is 10.1. The Morgan fingerprint density at radius 2 is 2.15 bits per heavy atom. The van der Waals surface area contributed by atoms with E-state index in [0.29, 0.717) is 5.02 Å². The van der Waals surface area contributed by atoms with Gasteiger partial charge in [0.15, 0.2) is 11.7 Å². The molecule has 0 aliphatic heterocycles. The Bertz CT molecular complexity index is 551. The molecule has 3 nitrogen and oxygen atoms in total. The number of aryl methyl sites for hydroxylation is 2. The zero-order valence-corrected chi connectivity index (χ0v) is 12.8. The van der Waals surface area contributed by atoms with Crippen molar-refractivity contribution in [1.29, 1.82) is 0 Å². The highest BCUT2D eigenvalue weighted by molar-refractivity contribution is 6.33. The second-order valence-corrected chi connectivity index (χ2v) is 5.36. The second kappa shape index (κ2) is 7.46. The van der Waals surface area contributed by atoms with Crippen LogP contribution in [0.15, 0.2) is 28.8 Å². The molecule has 20 heavy (non-hydrogen) atoms. The number of hydrogen-bond donors (Lipinski definition) is 1. The summed E-state index contributed by atoms with van der Waals surface area (Å²) in [5, 5.41) is 4.07. The van der Waals surface area contributed by atoms with E-state index in [1.54, 1.807) is 6.20 Å². The van der Waals surface area contributed by atoms with Crippen molar-refractivity contribution < 1.29 is 4.42 Å². The monoisotopic (exact) mass is 292 g/mol. The Hall–Kier alpha value is -1.32. The fourth-order valence-corrected chi connectivity index (χ4v) is 2.36. The van der Waals surface area contributed by atoms with E-state index in [1.165, 1.54) is 0 Å². The fourth-order valence-electron chi connectivity index (χ4n) is 2.04. The summed E-state index contributed by atoms with van der Waals surface area (Å²) in [7, 11) is 0. The van der Waals surface area contributed by atoms with Crippen LogP contribution in [0.5, 0.6) is 0 Å². The Kier molecular flexibility index (Phi) is 5.62. The van der Waals surface area contributed by atoms with Crippen molar-refractivity contribution in [3.05, 3.63) is 40.9 Å².